The van der Waals surface area contributed by atoms with E-state index in [1.54, 1.807) is 4.31 Å². The summed E-state index contributed by atoms with van der Waals surface area (Å²) in [6, 6.07) is 0. The molecule has 6 heteroatoms. The van der Waals surface area contributed by atoms with Gasteiger partial charge in [-0.25, -0.2) is 8.42 Å². The van der Waals surface area contributed by atoms with Crippen LogP contribution in [0.4, 0.5) is 0 Å². The molecule has 19 heavy (non-hydrogen) atoms. The van der Waals surface area contributed by atoms with E-state index in [-0.39, 0.29) is 0 Å². The van der Waals surface area contributed by atoms with Gasteiger partial charge in [0, 0.05) is 24.5 Å². The van der Waals surface area contributed by atoms with Crippen LogP contribution in [-0.4, -0.2) is 32.4 Å². The van der Waals surface area contributed by atoms with Crippen LogP contribution < -0.4 is 5.32 Å². The number of thiophene rings is 1. The molecule has 0 saturated heterocycles. The Kier molecular flexibility index (Phi) is 6.46. The van der Waals surface area contributed by atoms with Crippen molar-refractivity contribution in [3.05, 3.63) is 15.8 Å². The summed E-state index contributed by atoms with van der Waals surface area (Å²) in [7, 11) is -3.36. The summed E-state index contributed by atoms with van der Waals surface area (Å²) in [5.74, 6) is 0. The van der Waals surface area contributed by atoms with Crippen molar-refractivity contribution in [1.82, 2.24) is 9.62 Å². The topological polar surface area (TPSA) is 49.4 Å². The molecule has 0 unspecified atom stereocenters. The first-order valence-electron chi connectivity index (χ1n) is 6.76. The molecule has 0 amide bonds. The van der Waals surface area contributed by atoms with Gasteiger partial charge in [0.15, 0.2) is 0 Å². The first-order valence-corrected chi connectivity index (χ1v) is 9.08. The fraction of sp³-hybridized carbons (Fsp3) is 0.692. The van der Waals surface area contributed by atoms with Crippen LogP contribution in [0.2, 0.25) is 0 Å². The Morgan fingerprint density at radius 1 is 1.32 bits per heavy atom. The van der Waals surface area contributed by atoms with Crippen LogP contribution in [-0.2, 0) is 16.6 Å². The molecule has 0 fully saturated rings. The molecule has 0 atom stereocenters. The number of nitrogens with one attached hydrogen (secondary N) is 1. The van der Waals surface area contributed by atoms with Crippen LogP contribution >= 0.6 is 11.3 Å². The summed E-state index contributed by atoms with van der Waals surface area (Å²) in [5, 5.41) is 5.14. The SMILES string of the molecule is CCCN(CC)S(=O)(=O)c1c(C)csc1CNCC. The summed E-state index contributed by atoms with van der Waals surface area (Å²) >= 11 is 1.52. The van der Waals surface area contributed by atoms with Crippen LogP contribution in [0.15, 0.2) is 10.3 Å². The molecular weight excluding hydrogens is 280 g/mol. The van der Waals surface area contributed by atoms with E-state index < -0.39 is 10.0 Å². The Balaban J connectivity index is 3.15. The molecule has 4 nitrogen and oxygen atoms in total. The molecule has 0 aromatic carbocycles. The van der Waals surface area contributed by atoms with E-state index in [1.807, 2.05) is 33.1 Å². The summed E-state index contributed by atoms with van der Waals surface area (Å²) in [4.78, 5) is 1.42. The predicted molar refractivity (Wildman–Crippen MR) is 81.2 cm³/mol. The number of aryl methyl sites for hydroxylation is 1. The fourth-order valence-corrected chi connectivity index (χ4v) is 5.29. The molecule has 0 saturated carbocycles. The third-order valence-electron chi connectivity index (χ3n) is 2.95. The van der Waals surface area contributed by atoms with E-state index in [0.717, 1.165) is 23.4 Å². The molecule has 0 spiro atoms. The highest BCUT2D eigenvalue weighted by Crippen LogP contribution is 2.29. The average Bonchev–Trinajstić information content (AvgIpc) is 2.75. The minimum absolute atomic E-state index is 0.508. The molecule has 0 radical (unpaired) electrons. The summed E-state index contributed by atoms with van der Waals surface area (Å²) in [6.07, 6.45) is 0.832. The maximum absolute atomic E-state index is 12.7. The largest absolute Gasteiger partial charge is 0.312 e. The maximum atomic E-state index is 12.7. The molecule has 1 aromatic heterocycles. The molecule has 0 aliphatic carbocycles. The number of hydrogen-bond acceptors (Lipinski definition) is 4. The highest BCUT2D eigenvalue weighted by molar-refractivity contribution is 7.89. The number of hydrogen-bond donors (Lipinski definition) is 1. The first kappa shape index (κ1) is 16.6. The van der Waals surface area contributed by atoms with Gasteiger partial charge in [0.2, 0.25) is 10.0 Å². The zero-order valence-corrected chi connectivity index (χ0v) is 13.8. The van der Waals surface area contributed by atoms with Crippen LogP contribution in [0.5, 0.6) is 0 Å². The van der Waals surface area contributed by atoms with Crippen molar-refractivity contribution in [2.75, 3.05) is 19.6 Å². The number of sulfonamides is 1. The second kappa shape index (κ2) is 7.38. The molecule has 0 aliphatic rings. The minimum atomic E-state index is -3.36. The van der Waals surface area contributed by atoms with E-state index in [1.165, 1.54) is 11.3 Å². The van der Waals surface area contributed by atoms with Crippen molar-refractivity contribution >= 4 is 21.4 Å². The van der Waals surface area contributed by atoms with Crippen LogP contribution in [0.1, 0.15) is 37.6 Å². The highest BCUT2D eigenvalue weighted by Gasteiger charge is 2.28. The molecule has 1 N–H and O–H groups in total. The lowest BCUT2D eigenvalue weighted by atomic mass is 10.3. The Morgan fingerprint density at radius 2 is 2.00 bits per heavy atom. The highest BCUT2D eigenvalue weighted by atomic mass is 32.2. The van der Waals surface area contributed by atoms with Gasteiger partial charge in [-0.05, 0) is 30.8 Å². The number of nitrogens with zero attached hydrogens (tertiary/aromatic N) is 1. The van der Waals surface area contributed by atoms with Crippen LogP contribution in [0.25, 0.3) is 0 Å². The molecule has 0 bridgehead atoms. The zero-order chi connectivity index (χ0) is 14.5. The number of rotatable bonds is 8. The Bertz CT molecular complexity index is 495. The summed E-state index contributed by atoms with van der Waals surface area (Å²) in [6.45, 7) is 10.3. The monoisotopic (exact) mass is 304 g/mol. The van der Waals surface area contributed by atoms with Crippen molar-refractivity contribution in [1.29, 1.82) is 0 Å². The Labute approximate surface area is 120 Å². The van der Waals surface area contributed by atoms with E-state index in [0.29, 0.717) is 24.5 Å². The summed E-state index contributed by atoms with van der Waals surface area (Å²) < 4.78 is 27.0. The fourth-order valence-electron chi connectivity index (χ4n) is 2.02. The first-order chi connectivity index (χ1) is 8.98. The smallest absolute Gasteiger partial charge is 0.244 e. The molecule has 1 rings (SSSR count). The zero-order valence-electron chi connectivity index (χ0n) is 12.2. The standard InChI is InChI=1S/C13H24N2O2S2/c1-5-8-15(7-3)19(16,17)13-11(4)10-18-12(13)9-14-6-2/h10,14H,5-9H2,1-4H3. The maximum Gasteiger partial charge on any atom is 0.244 e. The third kappa shape index (κ3) is 3.78. The second-order valence-corrected chi connectivity index (χ2v) is 7.29. The van der Waals surface area contributed by atoms with Crippen molar-refractivity contribution in [2.24, 2.45) is 0 Å². The van der Waals surface area contributed by atoms with Crippen LogP contribution in [0.3, 0.4) is 0 Å². The van der Waals surface area contributed by atoms with Gasteiger partial charge in [-0.1, -0.05) is 20.8 Å². The molecular formula is C13H24N2O2S2. The van der Waals surface area contributed by atoms with Gasteiger partial charge in [-0.15, -0.1) is 11.3 Å². The van der Waals surface area contributed by atoms with E-state index in [2.05, 4.69) is 5.32 Å². The average molecular weight is 304 g/mol. The lowest BCUT2D eigenvalue weighted by Gasteiger charge is -2.20. The normalized spacial score (nSPS) is 12.3. The van der Waals surface area contributed by atoms with E-state index in [9.17, 15) is 8.42 Å². The lowest BCUT2D eigenvalue weighted by molar-refractivity contribution is 0.426. The quantitative estimate of drug-likeness (QED) is 0.803. The van der Waals surface area contributed by atoms with Gasteiger partial charge in [-0.3, -0.25) is 0 Å². The van der Waals surface area contributed by atoms with Crippen molar-refractivity contribution in [2.45, 2.75) is 45.6 Å². The third-order valence-corrected chi connectivity index (χ3v) is 6.39. The minimum Gasteiger partial charge on any atom is -0.312 e. The Hall–Kier alpha value is -0.430. The van der Waals surface area contributed by atoms with Crippen molar-refractivity contribution < 1.29 is 8.42 Å². The van der Waals surface area contributed by atoms with Gasteiger partial charge in [0.25, 0.3) is 0 Å². The molecule has 1 aromatic rings. The van der Waals surface area contributed by atoms with Gasteiger partial charge in [-0.2, -0.15) is 4.31 Å². The van der Waals surface area contributed by atoms with E-state index >= 15 is 0 Å². The van der Waals surface area contributed by atoms with Gasteiger partial charge >= 0.3 is 0 Å². The van der Waals surface area contributed by atoms with Crippen molar-refractivity contribution in [3.8, 4) is 0 Å². The molecule has 1 heterocycles. The van der Waals surface area contributed by atoms with E-state index in [4.69, 9.17) is 0 Å². The van der Waals surface area contributed by atoms with Crippen molar-refractivity contribution in [3.63, 3.8) is 0 Å². The Morgan fingerprint density at radius 3 is 2.53 bits per heavy atom. The van der Waals surface area contributed by atoms with Gasteiger partial charge < -0.3 is 5.32 Å². The van der Waals surface area contributed by atoms with Gasteiger partial charge in [0.05, 0.1) is 0 Å². The predicted octanol–water partition coefficient (Wildman–Crippen LogP) is 2.59. The molecule has 0 aliphatic heterocycles. The van der Waals surface area contributed by atoms with Gasteiger partial charge in [0.1, 0.15) is 4.90 Å². The van der Waals surface area contributed by atoms with Crippen LogP contribution in [0, 0.1) is 6.92 Å². The summed E-state index contributed by atoms with van der Waals surface area (Å²) in [5.41, 5.74) is 0.854. The lowest BCUT2D eigenvalue weighted by Crippen LogP contribution is -2.32. The second-order valence-electron chi connectivity index (χ2n) is 4.45. The molecule has 110 valence electrons.